The molecule has 0 fully saturated rings. The van der Waals surface area contributed by atoms with E-state index in [1.165, 1.54) is 20.0 Å². The molecule has 0 spiro atoms. The van der Waals surface area contributed by atoms with E-state index in [9.17, 15) is 4.79 Å². The smallest absolute Gasteiger partial charge is 0.497 e. The summed E-state index contributed by atoms with van der Waals surface area (Å²) < 4.78 is 15.0. The predicted octanol–water partition coefficient (Wildman–Crippen LogP) is 3.02. The molecule has 1 rings (SSSR count). The molecule has 1 aliphatic carbocycles. The Kier molecular flexibility index (Phi) is 5.75. The molecule has 0 heterocycles. The minimum Gasteiger partial charge on any atom is -0.497 e. The molecule has 0 amide bonds. The second-order valence-electron chi connectivity index (χ2n) is 3.86. The van der Waals surface area contributed by atoms with Crippen molar-refractivity contribution in [3.05, 3.63) is 11.8 Å². The van der Waals surface area contributed by atoms with Crippen molar-refractivity contribution in [3.63, 3.8) is 0 Å². The summed E-state index contributed by atoms with van der Waals surface area (Å²) in [6.07, 6.45) is 7.45. The Morgan fingerprint density at radius 1 is 1.25 bits per heavy atom. The highest BCUT2D eigenvalue weighted by molar-refractivity contribution is 5.60. The quantitative estimate of drug-likeness (QED) is 0.681. The van der Waals surface area contributed by atoms with Gasteiger partial charge in [-0.15, -0.1) is 0 Å². The number of carbonyl (C=O) groups is 1. The highest BCUT2D eigenvalue weighted by Gasteiger charge is 2.20. The van der Waals surface area contributed by atoms with Crippen molar-refractivity contribution in [1.29, 1.82) is 0 Å². The van der Waals surface area contributed by atoms with Gasteiger partial charge in [0.1, 0.15) is 5.76 Å². The molecule has 0 radical (unpaired) electrons. The summed E-state index contributed by atoms with van der Waals surface area (Å²) in [7, 11) is 2.92. The summed E-state index contributed by atoms with van der Waals surface area (Å²) in [4.78, 5) is 11.1. The number of rotatable bonds is 2. The minimum absolute atomic E-state index is 0.296. The maximum Gasteiger partial charge on any atom is 0.508 e. The van der Waals surface area contributed by atoms with Crippen molar-refractivity contribution < 1.29 is 19.0 Å². The van der Waals surface area contributed by atoms with E-state index >= 15 is 0 Å². The predicted molar refractivity (Wildman–Crippen MR) is 60.1 cm³/mol. The van der Waals surface area contributed by atoms with Crippen LogP contribution in [0.25, 0.3) is 0 Å². The first-order valence-electron chi connectivity index (χ1n) is 5.76. The second kappa shape index (κ2) is 7.14. The van der Waals surface area contributed by atoms with Gasteiger partial charge in [-0.05, 0) is 31.8 Å². The Bertz CT molecular complexity index is 247. The molecule has 0 saturated heterocycles. The zero-order valence-electron chi connectivity index (χ0n) is 10.0. The molecular weight excluding hydrogens is 208 g/mol. The van der Waals surface area contributed by atoms with Crippen molar-refractivity contribution in [3.8, 4) is 0 Å². The molecular formula is C12H20O4. The summed E-state index contributed by atoms with van der Waals surface area (Å²) in [6.45, 7) is 0. The Morgan fingerprint density at radius 3 is 2.69 bits per heavy atom. The van der Waals surface area contributed by atoms with Crippen LogP contribution in [0.15, 0.2) is 11.8 Å². The normalized spacial score (nSPS) is 25.4. The third-order valence-corrected chi connectivity index (χ3v) is 2.72. The average Bonchev–Trinajstić information content (AvgIpc) is 2.41. The first-order valence-corrected chi connectivity index (χ1v) is 5.76. The largest absolute Gasteiger partial charge is 0.508 e. The molecule has 0 aromatic rings. The lowest BCUT2D eigenvalue weighted by atomic mass is 10.1. The van der Waals surface area contributed by atoms with Crippen LogP contribution < -0.4 is 0 Å². The van der Waals surface area contributed by atoms with Gasteiger partial charge in [0.15, 0.2) is 6.10 Å². The van der Waals surface area contributed by atoms with Crippen molar-refractivity contribution in [2.75, 3.05) is 14.2 Å². The van der Waals surface area contributed by atoms with E-state index in [0.29, 0.717) is 0 Å². The van der Waals surface area contributed by atoms with E-state index in [0.717, 1.165) is 31.4 Å². The molecule has 0 saturated carbocycles. The van der Waals surface area contributed by atoms with Crippen LogP contribution in [0.1, 0.15) is 38.5 Å². The molecule has 1 aliphatic rings. The fourth-order valence-corrected chi connectivity index (χ4v) is 1.84. The van der Waals surface area contributed by atoms with E-state index in [1.54, 1.807) is 7.11 Å². The van der Waals surface area contributed by atoms with E-state index in [4.69, 9.17) is 9.47 Å². The average molecular weight is 228 g/mol. The van der Waals surface area contributed by atoms with E-state index < -0.39 is 6.16 Å². The summed E-state index contributed by atoms with van der Waals surface area (Å²) >= 11 is 0. The van der Waals surface area contributed by atoms with Crippen molar-refractivity contribution in [2.45, 2.75) is 44.6 Å². The Balaban J connectivity index is 2.64. The number of allylic oxidation sites excluding steroid dienone is 1. The van der Waals surface area contributed by atoms with Gasteiger partial charge in [-0.1, -0.05) is 12.8 Å². The summed E-state index contributed by atoms with van der Waals surface area (Å²) in [5.74, 6) is 0.743. The Labute approximate surface area is 96.6 Å². The third-order valence-electron chi connectivity index (χ3n) is 2.72. The van der Waals surface area contributed by atoms with Crippen LogP contribution in [-0.2, 0) is 14.2 Å². The van der Waals surface area contributed by atoms with Crippen LogP contribution in [0.2, 0.25) is 0 Å². The molecule has 0 bridgehead atoms. The van der Waals surface area contributed by atoms with Gasteiger partial charge in [0.25, 0.3) is 0 Å². The molecule has 16 heavy (non-hydrogen) atoms. The van der Waals surface area contributed by atoms with Crippen LogP contribution in [0.3, 0.4) is 0 Å². The standard InChI is InChI=1S/C12H20O4/c1-14-10-8-6-4-3-5-7-9-11(10)16-12(13)15-2/h8,11H,3-7,9H2,1-2H3/b10-8+. The number of ether oxygens (including phenoxy) is 3. The molecule has 4 heteroatoms. The summed E-state index contributed by atoms with van der Waals surface area (Å²) in [6, 6.07) is 0. The Hall–Kier alpha value is -1.19. The SMILES string of the molecule is COC(=O)OC1CCCCCC/C=C\1OC. The molecule has 1 unspecified atom stereocenters. The number of hydrogen-bond donors (Lipinski definition) is 0. The van der Waals surface area contributed by atoms with Crippen molar-refractivity contribution in [2.24, 2.45) is 0 Å². The lowest BCUT2D eigenvalue weighted by Crippen LogP contribution is -2.21. The fraction of sp³-hybridized carbons (Fsp3) is 0.750. The molecule has 1 atom stereocenters. The van der Waals surface area contributed by atoms with Gasteiger partial charge in [-0.2, -0.15) is 0 Å². The first kappa shape index (κ1) is 12.9. The van der Waals surface area contributed by atoms with Gasteiger partial charge in [-0.3, -0.25) is 0 Å². The number of methoxy groups -OCH3 is 2. The maximum atomic E-state index is 11.1. The first-order chi connectivity index (χ1) is 7.77. The van der Waals surface area contributed by atoms with Crippen molar-refractivity contribution >= 4 is 6.16 Å². The molecule has 92 valence electrons. The van der Waals surface area contributed by atoms with Crippen LogP contribution in [-0.4, -0.2) is 26.5 Å². The molecule has 0 N–H and O–H groups in total. The van der Waals surface area contributed by atoms with Crippen LogP contribution in [0.5, 0.6) is 0 Å². The van der Waals surface area contributed by atoms with Gasteiger partial charge >= 0.3 is 6.16 Å². The second-order valence-corrected chi connectivity index (χ2v) is 3.86. The summed E-state index contributed by atoms with van der Waals surface area (Å²) in [5, 5.41) is 0. The minimum atomic E-state index is -0.646. The maximum absolute atomic E-state index is 11.1. The van der Waals surface area contributed by atoms with Crippen LogP contribution in [0.4, 0.5) is 4.79 Å². The van der Waals surface area contributed by atoms with Gasteiger partial charge < -0.3 is 14.2 Å². The molecule has 0 aliphatic heterocycles. The Morgan fingerprint density at radius 2 is 2.00 bits per heavy atom. The highest BCUT2D eigenvalue weighted by atomic mass is 16.7. The highest BCUT2D eigenvalue weighted by Crippen LogP contribution is 2.20. The molecule has 0 aromatic heterocycles. The lowest BCUT2D eigenvalue weighted by Gasteiger charge is -2.18. The van der Waals surface area contributed by atoms with Gasteiger partial charge in [-0.25, -0.2) is 4.79 Å². The third kappa shape index (κ3) is 4.13. The zero-order chi connectivity index (χ0) is 11.8. The molecule has 4 nitrogen and oxygen atoms in total. The fourth-order valence-electron chi connectivity index (χ4n) is 1.84. The number of hydrogen-bond acceptors (Lipinski definition) is 4. The topological polar surface area (TPSA) is 44.8 Å². The van der Waals surface area contributed by atoms with E-state index in [1.807, 2.05) is 6.08 Å². The number of carbonyl (C=O) groups excluding carboxylic acids is 1. The van der Waals surface area contributed by atoms with E-state index in [2.05, 4.69) is 4.74 Å². The molecule has 0 aromatic carbocycles. The van der Waals surface area contributed by atoms with Crippen LogP contribution >= 0.6 is 0 Å². The van der Waals surface area contributed by atoms with Gasteiger partial charge in [0.2, 0.25) is 0 Å². The van der Waals surface area contributed by atoms with Gasteiger partial charge in [0.05, 0.1) is 14.2 Å². The van der Waals surface area contributed by atoms with Gasteiger partial charge in [0, 0.05) is 0 Å². The summed E-state index contributed by atoms with van der Waals surface area (Å²) in [5.41, 5.74) is 0. The van der Waals surface area contributed by atoms with Crippen LogP contribution in [0, 0.1) is 0 Å². The monoisotopic (exact) mass is 228 g/mol. The van der Waals surface area contributed by atoms with E-state index in [-0.39, 0.29) is 6.10 Å². The lowest BCUT2D eigenvalue weighted by molar-refractivity contribution is 0.0260. The van der Waals surface area contributed by atoms with Crippen molar-refractivity contribution in [1.82, 2.24) is 0 Å². The zero-order valence-corrected chi connectivity index (χ0v) is 10.0.